The van der Waals surface area contributed by atoms with E-state index in [2.05, 4.69) is 0 Å². The quantitative estimate of drug-likeness (QED) is 0.656. The van der Waals surface area contributed by atoms with Crippen molar-refractivity contribution < 1.29 is 28.8 Å². The number of phenolic OH excluding ortho intramolecular Hbond substituents is 2. The van der Waals surface area contributed by atoms with E-state index in [9.17, 15) is 15.0 Å². The molecular weight excluding hydrogens is 328 g/mol. The molecule has 0 bridgehead atoms. The minimum atomic E-state index is -0.513. The Morgan fingerprint density at radius 3 is 2.88 bits per heavy atom. The molecule has 25 heavy (non-hydrogen) atoms. The number of ether oxygens (including phenoxy) is 3. The van der Waals surface area contributed by atoms with Crippen LogP contribution in [0.15, 0.2) is 27.4 Å². The lowest BCUT2D eigenvalue weighted by atomic mass is 9.95. The first-order chi connectivity index (χ1) is 12.1. The van der Waals surface area contributed by atoms with E-state index in [1.54, 1.807) is 12.1 Å². The Kier molecular flexibility index (Phi) is 2.77. The molecule has 2 aliphatic rings. The standard InChI is InChI=1S/C18H14O7/c1-22-16-12-13(20)11-8(19)3-2-4-9(11)24-15(12)10-7-5-6-23-18(7)25-17(10)14(16)21/h2-4,7,18-19,21H,5-6H2,1H3. The molecule has 2 N–H and O–H groups in total. The average molecular weight is 342 g/mol. The van der Waals surface area contributed by atoms with Crippen LogP contribution in [0.2, 0.25) is 0 Å². The van der Waals surface area contributed by atoms with Crippen molar-refractivity contribution >= 4 is 21.9 Å². The third-order valence-electron chi connectivity index (χ3n) is 4.89. The molecule has 3 aromatic rings. The Bertz CT molecular complexity index is 1100. The lowest BCUT2D eigenvalue weighted by molar-refractivity contribution is -0.0348. The molecule has 1 aromatic heterocycles. The molecule has 7 nitrogen and oxygen atoms in total. The van der Waals surface area contributed by atoms with Crippen molar-refractivity contribution in [2.45, 2.75) is 18.6 Å². The summed E-state index contributed by atoms with van der Waals surface area (Å²) in [4.78, 5) is 13.0. The number of hydrogen-bond acceptors (Lipinski definition) is 7. The van der Waals surface area contributed by atoms with Crippen LogP contribution < -0.4 is 14.9 Å². The van der Waals surface area contributed by atoms with Gasteiger partial charge in [-0.05, 0) is 18.6 Å². The van der Waals surface area contributed by atoms with E-state index in [0.717, 1.165) is 0 Å². The summed E-state index contributed by atoms with van der Waals surface area (Å²) in [6, 6.07) is 4.62. The van der Waals surface area contributed by atoms with E-state index < -0.39 is 11.7 Å². The number of rotatable bonds is 1. The van der Waals surface area contributed by atoms with Gasteiger partial charge in [-0.3, -0.25) is 4.79 Å². The van der Waals surface area contributed by atoms with Crippen molar-refractivity contribution in [1.29, 1.82) is 0 Å². The van der Waals surface area contributed by atoms with Crippen LogP contribution in [-0.2, 0) is 4.74 Å². The molecular formula is C18H14O7. The van der Waals surface area contributed by atoms with Crippen LogP contribution in [0.25, 0.3) is 21.9 Å². The number of phenols is 2. The maximum absolute atomic E-state index is 13.0. The van der Waals surface area contributed by atoms with Crippen LogP contribution in [0.3, 0.4) is 0 Å². The SMILES string of the molecule is COc1c(O)c2c(c3oc4cccc(O)c4c(=O)c13)C1CCOC1O2. The topological polar surface area (TPSA) is 98.4 Å². The Morgan fingerprint density at radius 1 is 1.24 bits per heavy atom. The van der Waals surface area contributed by atoms with Crippen LogP contribution in [-0.4, -0.2) is 30.2 Å². The van der Waals surface area contributed by atoms with Gasteiger partial charge < -0.3 is 28.8 Å². The zero-order chi connectivity index (χ0) is 17.3. The van der Waals surface area contributed by atoms with Crippen LogP contribution in [0, 0.1) is 0 Å². The van der Waals surface area contributed by atoms with Crippen molar-refractivity contribution in [3.05, 3.63) is 34.0 Å². The van der Waals surface area contributed by atoms with Crippen molar-refractivity contribution in [1.82, 2.24) is 0 Å². The van der Waals surface area contributed by atoms with Gasteiger partial charge in [-0.15, -0.1) is 0 Å². The summed E-state index contributed by atoms with van der Waals surface area (Å²) in [6.45, 7) is 0.529. The molecule has 5 rings (SSSR count). The Morgan fingerprint density at radius 2 is 2.08 bits per heavy atom. The van der Waals surface area contributed by atoms with Gasteiger partial charge in [-0.25, -0.2) is 0 Å². The van der Waals surface area contributed by atoms with Gasteiger partial charge in [-0.2, -0.15) is 0 Å². The summed E-state index contributed by atoms with van der Waals surface area (Å²) >= 11 is 0. The predicted octanol–water partition coefficient (Wildman–Crippen LogP) is 2.59. The second kappa shape index (κ2) is 4.80. The smallest absolute Gasteiger partial charge is 0.208 e. The van der Waals surface area contributed by atoms with E-state index >= 15 is 0 Å². The Hall–Kier alpha value is -2.93. The summed E-state index contributed by atoms with van der Waals surface area (Å²) in [6.07, 6.45) is 0.182. The highest BCUT2D eigenvalue weighted by Crippen LogP contribution is 2.55. The zero-order valence-corrected chi connectivity index (χ0v) is 13.2. The molecule has 2 aromatic carbocycles. The van der Waals surface area contributed by atoms with E-state index in [0.29, 0.717) is 24.2 Å². The van der Waals surface area contributed by atoms with E-state index in [1.165, 1.54) is 13.2 Å². The highest BCUT2D eigenvalue weighted by atomic mass is 16.7. The summed E-state index contributed by atoms with van der Waals surface area (Å²) < 4.78 is 22.5. The number of benzene rings is 2. The van der Waals surface area contributed by atoms with Gasteiger partial charge in [0.25, 0.3) is 0 Å². The van der Waals surface area contributed by atoms with Crippen LogP contribution in [0.1, 0.15) is 17.9 Å². The fourth-order valence-electron chi connectivity index (χ4n) is 3.80. The average Bonchev–Trinajstić information content (AvgIpc) is 3.17. The molecule has 0 aliphatic carbocycles. The van der Waals surface area contributed by atoms with Crippen molar-refractivity contribution in [2.75, 3.05) is 13.7 Å². The fraction of sp³-hybridized carbons (Fsp3) is 0.278. The summed E-state index contributed by atoms with van der Waals surface area (Å²) in [5.74, 6) is -0.389. The minimum absolute atomic E-state index is 0.0346. The molecule has 0 radical (unpaired) electrons. The molecule has 0 saturated carbocycles. The lowest BCUT2D eigenvalue weighted by Crippen LogP contribution is -2.13. The first kappa shape index (κ1) is 14.4. The van der Waals surface area contributed by atoms with Gasteiger partial charge in [0.15, 0.2) is 11.5 Å². The summed E-state index contributed by atoms with van der Waals surface area (Å²) in [5.41, 5.74) is 0.699. The number of hydrogen-bond donors (Lipinski definition) is 2. The molecule has 2 unspecified atom stereocenters. The van der Waals surface area contributed by atoms with Crippen LogP contribution >= 0.6 is 0 Å². The molecule has 7 heteroatoms. The monoisotopic (exact) mass is 342 g/mol. The third kappa shape index (κ3) is 1.70. The molecule has 1 saturated heterocycles. The van der Waals surface area contributed by atoms with Crippen LogP contribution in [0.4, 0.5) is 0 Å². The molecule has 0 amide bonds. The lowest BCUT2D eigenvalue weighted by Gasteiger charge is -2.14. The molecule has 128 valence electrons. The largest absolute Gasteiger partial charge is 0.507 e. The number of fused-ring (bicyclic) bond motifs is 6. The van der Waals surface area contributed by atoms with E-state index in [1.807, 2.05) is 0 Å². The maximum Gasteiger partial charge on any atom is 0.208 e. The molecule has 1 fully saturated rings. The first-order valence-electron chi connectivity index (χ1n) is 7.91. The Balaban J connectivity index is 2.02. The van der Waals surface area contributed by atoms with Gasteiger partial charge in [0, 0.05) is 0 Å². The van der Waals surface area contributed by atoms with Crippen molar-refractivity contribution in [2.24, 2.45) is 0 Å². The number of methoxy groups -OCH3 is 1. The second-order valence-electron chi connectivity index (χ2n) is 6.16. The van der Waals surface area contributed by atoms with E-state index in [-0.39, 0.29) is 45.3 Å². The molecule has 3 heterocycles. The molecule has 0 spiro atoms. The summed E-state index contributed by atoms with van der Waals surface area (Å²) in [5, 5.41) is 20.8. The van der Waals surface area contributed by atoms with Gasteiger partial charge in [0.1, 0.15) is 27.7 Å². The fourth-order valence-corrected chi connectivity index (χ4v) is 3.80. The van der Waals surface area contributed by atoms with Crippen LogP contribution in [0.5, 0.6) is 23.0 Å². The Labute approximate surface area is 141 Å². The first-order valence-corrected chi connectivity index (χ1v) is 7.91. The van der Waals surface area contributed by atoms with Crippen molar-refractivity contribution in [3.8, 4) is 23.0 Å². The van der Waals surface area contributed by atoms with E-state index in [4.69, 9.17) is 18.6 Å². The third-order valence-corrected chi connectivity index (χ3v) is 4.89. The molecule has 2 atom stereocenters. The zero-order valence-electron chi connectivity index (χ0n) is 13.2. The highest BCUT2D eigenvalue weighted by molar-refractivity contribution is 6.00. The highest BCUT2D eigenvalue weighted by Gasteiger charge is 2.44. The van der Waals surface area contributed by atoms with Gasteiger partial charge >= 0.3 is 0 Å². The normalized spacial score (nSPS) is 21.3. The van der Waals surface area contributed by atoms with Gasteiger partial charge in [0.05, 0.1) is 25.2 Å². The minimum Gasteiger partial charge on any atom is -0.507 e. The number of aromatic hydroxyl groups is 2. The van der Waals surface area contributed by atoms with Crippen molar-refractivity contribution in [3.63, 3.8) is 0 Å². The maximum atomic E-state index is 13.0. The van der Waals surface area contributed by atoms with Gasteiger partial charge in [0.2, 0.25) is 17.5 Å². The summed E-state index contributed by atoms with van der Waals surface area (Å²) in [7, 11) is 1.35. The second-order valence-corrected chi connectivity index (χ2v) is 6.16. The molecule has 2 aliphatic heterocycles. The van der Waals surface area contributed by atoms with Gasteiger partial charge in [-0.1, -0.05) is 6.07 Å². The predicted molar refractivity (Wildman–Crippen MR) is 87.6 cm³/mol.